The molecule has 0 saturated heterocycles. The third kappa shape index (κ3) is 4.87. The SMILES string of the molecule is C=CCOCc1c(C=O)sc2c(=O)c(CC(=O)NCc3ccc(Cl)cc3)cn(C)c12. The highest BCUT2D eigenvalue weighted by atomic mass is 35.5. The summed E-state index contributed by atoms with van der Waals surface area (Å²) < 4.78 is 7.71. The lowest BCUT2D eigenvalue weighted by Crippen LogP contribution is -2.27. The van der Waals surface area contributed by atoms with E-state index in [1.54, 1.807) is 36.0 Å². The van der Waals surface area contributed by atoms with Gasteiger partial charge in [-0.05, 0) is 17.7 Å². The molecule has 1 aromatic carbocycles. The summed E-state index contributed by atoms with van der Waals surface area (Å²) in [4.78, 5) is 37.3. The third-order valence-corrected chi connectivity index (χ3v) is 5.95. The number of rotatable bonds is 9. The van der Waals surface area contributed by atoms with Crippen molar-refractivity contribution in [2.45, 2.75) is 19.6 Å². The van der Waals surface area contributed by atoms with Gasteiger partial charge in [-0.3, -0.25) is 14.4 Å². The van der Waals surface area contributed by atoms with Gasteiger partial charge in [0.25, 0.3) is 0 Å². The first-order chi connectivity index (χ1) is 14.4. The summed E-state index contributed by atoms with van der Waals surface area (Å²) in [5, 5.41) is 3.44. The second-order valence-electron chi connectivity index (χ2n) is 6.72. The van der Waals surface area contributed by atoms with Crippen molar-refractivity contribution in [1.29, 1.82) is 0 Å². The Morgan fingerprint density at radius 3 is 2.73 bits per heavy atom. The van der Waals surface area contributed by atoms with Crippen LogP contribution in [0.2, 0.25) is 5.02 Å². The topological polar surface area (TPSA) is 77.4 Å². The predicted octanol–water partition coefficient (Wildman–Crippen LogP) is 3.63. The molecular formula is C22H21ClN2O4S. The van der Waals surface area contributed by atoms with Crippen molar-refractivity contribution in [1.82, 2.24) is 9.88 Å². The molecule has 0 aliphatic carbocycles. The number of carbonyl (C=O) groups excluding carboxylic acids is 2. The molecule has 1 N–H and O–H groups in total. The van der Waals surface area contributed by atoms with Gasteiger partial charge in [-0.15, -0.1) is 17.9 Å². The highest BCUT2D eigenvalue weighted by Crippen LogP contribution is 2.29. The van der Waals surface area contributed by atoms with Crippen molar-refractivity contribution in [3.05, 3.63) is 79.9 Å². The Morgan fingerprint density at radius 1 is 1.33 bits per heavy atom. The van der Waals surface area contributed by atoms with E-state index in [0.29, 0.717) is 44.4 Å². The number of aryl methyl sites for hydroxylation is 1. The highest BCUT2D eigenvalue weighted by molar-refractivity contribution is 7.20. The molecule has 0 bridgehead atoms. The third-order valence-electron chi connectivity index (χ3n) is 4.55. The van der Waals surface area contributed by atoms with Crippen LogP contribution in [0.25, 0.3) is 10.2 Å². The predicted molar refractivity (Wildman–Crippen MR) is 119 cm³/mol. The highest BCUT2D eigenvalue weighted by Gasteiger charge is 2.19. The first-order valence-corrected chi connectivity index (χ1v) is 10.4. The summed E-state index contributed by atoms with van der Waals surface area (Å²) in [7, 11) is 1.79. The van der Waals surface area contributed by atoms with Crippen LogP contribution >= 0.6 is 22.9 Å². The van der Waals surface area contributed by atoms with E-state index in [4.69, 9.17) is 16.3 Å². The molecule has 3 rings (SSSR count). The number of hydrogen-bond donors (Lipinski definition) is 1. The number of nitrogens with one attached hydrogen (secondary N) is 1. The average molecular weight is 445 g/mol. The van der Waals surface area contributed by atoms with Gasteiger partial charge in [0, 0.05) is 35.9 Å². The number of aromatic nitrogens is 1. The Balaban J connectivity index is 1.82. The maximum absolute atomic E-state index is 13.0. The van der Waals surface area contributed by atoms with Gasteiger partial charge in [-0.1, -0.05) is 29.8 Å². The molecule has 0 spiro atoms. The van der Waals surface area contributed by atoms with Crippen molar-refractivity contribution >= 4 is 45.3 Å². The van der Waals surface area contributed by atoms with Crippen molar-refractivity contribution in [2.24, 2.45) is 7.05 Å². The summed E-state index contributed by atoms with van der Waals surface area (Å²) in [6, 6.07) is 7.17. The zero-order valence-electron chi connectivity index (χ0n) is 16.4. The molecule has 0 aliphatic rings. The van der Waals surface area contributed by atoms with Crippen molar-refractivity contribution < 1.29 is 14.3 Å². The van der Waals surface area contributed by atoms with Gasteiger partial charge in [-0.2, -0.15) is 0 Å². The number of fused-ring (bicyclic) bond motifs is 1. The van der Waals surface area contributed by atoms with Crippen LogP contribution < -0.4 is 10.7 Å². The van der Waals surface area contributed by atoms with Crippen LogP contribution in [0.1, 0.15) is 26.4 Å². The quantitative estimate of drug-likeness (QED) is 0.310. The molecule has 0 aliphatic heterocycles. The number of aldehydes is 1. The summed E-state index contributed by atoms with van der Waals surface area (Å²) in [6.07, 6.45) is 3.95. The molecule has 0 radical (unpaired) electrons. The lowest BCUT2D eigenvalue weighted by molar-refractivity contribution is -0.120. The Hall–Kier alpha value is -2.74. The fourth-order valence-corrected chi connectivity index (χ4v) is 4.41. The zero-order valence-corrected chi connectivity index (χ0v) is 18.0. The van der Waals surface area contributed by atoms with E-state index in [2.05, 4.69) is 11.9 Å². The molecule has 0 fully saturated rings. The molecule has 0 saturated carbocycles. The molecular weight excluding hydrogens is 424 g/mol. The van der Waals surface area contributed by atoms with Gasteiger partial charge in [0.1, 0.15) is 0 Å². The molecule has 2 heterocycles. The van der Waals surface area contributed by atoms with E-state index < -0.39 is 0 Å². The van der Waals surface area contributed by atoms with Crippen LogP contribution in [-0.2, 0) is 36.2 Å². The molecule has 6 nitrogen and oxygen atoms in total. The second-order valence-corrected chi connectivity index (χ2v) is 8.21. The standard InChI is InChI=1S/C22H21ClN2O4S/c1-3-8-29-13-17-18(12-26)30-22-20(17)25(2)11-15(21(22)28)9-19(27)24-10-14-4-6-16(23)7-5-14/h3-7,11-12H,1,8-10,13H2,2H3,(H,24,27). The van der Waals surface area contributed by atoms with E-state index in [1.807, 2.05) is 12.1 Å². The number of hydrogen-bond acceptors (Lipinski definition) is 5. The van der Waals surface area contributed by atoms with E-state index in [9.17, 15) is 14.4 Å². The summed E-state index contributed by atoms with van der Waals surface area (Å²) in [6.45, 7) is 4.49. The number of ether oxygens (including phenoxy) is 1. The van der Waals surface area contributed by atoms with Crippen LogP contribution in [-0.4, -0.2) is 23.4 Å². The smallest absolute Gasteiger partial charge is 0.224 e. The monoisotopic (exact) mass is 444 g/mol. The van der Waals surface area contributed by atoms with Gasteiger partial charge in [0.05, 0.1) is 34.7 Å². The maximum Gasteiger partial charge on any atom is 0.224 e. The molecule has 30 heavy (non-hydrogen) atoms. The van der Waals surface area contributed by atoms with Gasteiger partial charge < -0.3 is 14.6 Å². The molecule has 8 heteroatoms. The minimum Gasteiger partial charge on any atom is -0.373 e. The second kappa shape index (κ2) is 9.84. The minimum absolute atomic E-state index is 0.0488. The Bertz CT molecular complexity index is 1150. The largest absolute Gasteiger partial charge is 0.373 e. The molecule has 0 unspecified atom stereocenters. The van der Waals surface area contributed by atoms with E-state index in [1.165, 1.54) is 0 Å². The van der Waals surface area contributed by atoms with E-state index in [-0.39, 0.29) is 24.4 Å². The Morgan fingerprint density at radius 2 is 2.07 bits per heavy atom. The van der Waals surface area contributed by atoms with Gasteiger partial charge >= 0.3 is 0 Å². The fourth-order valence-electron chi connectivity index (χ4n) is 3.15. The number of nitrogens with zero attached hydrogens (tertiary/aromatic N) is 1. The zero-order chi connectivity index (χ0) is 21.7. The van der Waals surface area contributed by atoms with Crippen LogP contribution in [0, 0.1) is 0 Å². The number of amides is 1. The number of pyridine rings is 1. The summed E-state index contributed by atoms with van der Waals surface area (Å²) in [5.74, 6) is -0.261. The number of benzene rings is 1. The van der Waals surface area contributed by atoms with Crippen LogP contribution in [0.3, 0.4) is 0 Å². The lowest BCUT2D eigenvalue weighted by atomic mass is 10.1. The van der Waals surface area contributed by atoms with Crippen LogP contribution in [0.15, 0.2) is 47.9 Å². The van der Waals surface area contributed by atoms with E-state index >= 15 is 0 Å². The van der Waals surface area contributed by atoms with Gasteiger partial charge in [-0.25, -0.2) is 0 Å². The summed E-state index contributed by atoms with van der Waals surface area (Å²) in [5.41, 5.74) is 2.37. The number of carbonyl (C=O) groups is 2. The summed E-state index contributed by atoms with van der Waals surface area (Å²) >= 11 is 6.99. The minimum atomic E-state index is -0.261. The first kappa shape index (κ1) is 22.0. The molecule has 1 amide bonds. The average Bonchev–Trinajstić information content (AvgIpc) is 3.11. The number of thiophene rings is 1. The van der Waals surface area contributed by atoms with E-state index in [0.717, 1.165) is 23.2 Å². The maximum atomic E-state index is 13.0. The molecule has 3 aromatic rings. The van der Waals surface area contributed by atoms with Crippen LogP contribution in [0.4, 0.5) is 0 Å². The Labute approximate surface area is 182 Å². The van der Waals surface area contributed by atoms with Gasteiger partial charge in [0.2, 0.25) is 11.3 Å². The van der Waals surface area contributed by atoms with Crippen LogP contribution in [0.5, 0.6) is 0 Å². The van der Waals surface area contributed by atoms with Crippen molar-refractivity contribution in [3.8, 4) is 0 Å². The normalized spacial score (nSPS) is 10.9. The lowest BCUT2D eigenvalue weighted by Gasteiger charge is -2.10. The van der Waals surface area contributed by atoms with Gasteiger partial charge in [0.15, 0.2) is 6.29 Å². The van der Waals surface area contributed by atoms with Crippen molar-refractivity contribution in [3.63, 3.8) is 0 Å². The fraction of sp³-hybridized carbons (Fsp3) is 0.227. The first-order valence-electron chi connectivity index (χ1n) is 9.23. The molecule has 2 aromatic heterocycles. The number of halogens is 1. The molecule has 156 valence electrons. The molecule has 0 atom stereocenters. The Kier molecular flexibility index (Phi) is 7.20. The van der Waals surface area contributed by atoms with Crippen molar-refractivity contribution in [2.75, 3.05) is 6.61 Å².